The Labute approximate surface area is 87.4 Å². The van der Waals surface area contributed by atoms with Crippen molar-refractivity contribution in [2.24, 2.45) is 7.05 Å². The molecule has 0 radical (unpaired) electrons. The van der Waals surface area contributed by atoms with Crippen LogP contribution >= 0.6 is 0 Å². The summed E-state index contributed by atoms with van der Waals surface area (Å²) >= 11 is 0. The number of nitrogens with zero attached hydrogens (tertiary/aromatic N) is 1. The van der Waals surface area contributed by atoms with Crippen LogP contribution in [0.1, 0.15) is 17.3 Å². The summed E-state index contributed by atoms with van der Waals surface area (Å²) in [7, 11) is 1.58. The molecule has 5 nitrogen and oxygen atoms in total. The largest absolute Gasteiger partial charge is 0.392 e. The summed E-state index contributed by atoms with van der Waals surface area (Å²) in [5.74, 6) is -0.300. The summed E-state index contributed by atoms with van der Waals surface area (Å²) in [6.45, 7) is 1.78. The van der Waals surface area contributed by atoms with E-state index in [0.29, 0.717) is 5.56 Å². The van der Waals surface area contributed by atoms with Crippen molar-refractivity contribution in [3.63, 3.8) is 0 Å². The quantitative estimate of drug-likeness (QED) is 0.706. The number of carbonyl (C=O) groups excluding carboxylic acids is 1. The molecule has 1 aromatic rings. The van der Waals surface area contributed by atoms with Crippen LogP contribution in [0.4, 0.5) is 0 Å². The van der Waals surface area contributed by atoms with Gasteiger partial charge < -0.3 is 15.0 Å². The summed E-state index contributed by atoms with van der Waals surface area (Å²) in [5.41, 5.74) is 0.236. The van der Waals surface area contributed by atoms with Gasteiger partial charge in [0, 0.05) is 25.9 Å². The zero-order valence-electron chi connectivity index (χ0n) is 8.73. The van der Waals surface area contributed by atoms with Crippen LogP contribution in [0, 0.1) is 0 Å². The Hall–Kier alpha value is -1.62. The molecule has 1 rings (SSSR count). The SMILES string of the molecule is CC(O)CNC(=O)c1ccc(=O)n(C)c1. The van der Waals surface area contributed by atoms with Gasteiger partial charge in [-0.1, -0.05) is 0 Å². The molecule has 1 amide bonds. The topological polar surface area (TPSA) is 71.3 Å². The molecule has 15 heavy (non-hydrogen) atoms. The predicted molar refractivity (Wildman–Crippen MR) is 55.7 cm³/mol. The predicted octanol–water partition coefficient (Wildman–Crippen LogP) is -0.504. The van der Waals surface area contributed by atoms with Gasteiger partial charge in [-0.05, 0) is 13.0 Å². The molecule has 1 heterocycles. The Morgan fingerprint density at radius 3 is 2.80 bits per heavy atom. The van der Waals surface area contributed by atoms with Crippen LogP contribution in [-0.2, 0) is 7.05 Å². The third-order valence-corrected chi connectivity index (χ3v) is 1.91. The van der Waals surface area contributed by atoms with Gasteiger partial charge in [-0.25, -0.2) is 0 Å². The van der Waals surface area contributed by atoms with Crippen molar-refractivity contribution in [1.82, 2.24) is 9.88 Å². The van der Waals surface area contributed by atoms with Crippen LogP contribution < -0.4 is 10.9 Å². The number of amides is 1. The molecule has 0 aliphatic carbocycles. The number of pyridine rings is 1. The van der Waals surface area contributed by atoms with Crippen LogP contribution in [0.25, 0.3) is 0 Å². The summed E-state index contributed by atoms with van der Waals surface area (Å²) in [5, 5.41) is 11.5. The van der Waals surface area contributed by atoms with Crippen molar-refractivity contribution in [2.75, 3.05) is 6.54 Å². The molecule has 82 valence electrons. The van der Waals surface area contributed by atoms with Gasteiger partial charge >= 0.3 is 0 Å². The van der Waals surface area contributed by atoms with E-state index in [1.165, 1.54) is 22.9 Å². The minimum atomic E-state index is -0.582. The summed E-state index contributed by atoms with van der Waals surface area (Å²) < 4.78 is 1.33. The molecule has 0 aromatic carbocycles. The lowest BCUT2D eigenvalue weighted by Crippen LogP contribution is -2.31. The number of hydrogen-bond acceptors (Lipinski definition) is 3. The minimum absolute atomic E-state index is 0.165. The fraction of sp³-hybridized carbons (Fsp3) is 0.400. The van der Waals surface area contributed by atoms with Gasteiger partial charge in [0.1, 0.15) is 0 Å². The smallest absolute Gasteiger partial charge is 0.252 e. The van der Waals surface area contributed by atoms with Gasteiger partial charge in [0.15, 0.2) is 0 Å². The first-order valence-corrected chi connectivity index (χ1v) is 4.63. The van der Waals surface area contributed by atoms with E-state index >= 15 is 0 Å². The van der Waals surface area contributed by atoms with Gasteiger partial charge in [-0.2, -0.15) is 0 Å². The van der Waals surface area contributed by atoms with Gasteiger partial charge in [0.05, 0.1) is 11.7 Å². The molecule has 0 saturated carbocycles. The standard InChI is InChI=1S/C10H14N2O3/c1-7(13)5-11-10(15)8-3-4-9(14)12(2)6-8/h3-4,6-7,13H,5H2,1-2H3,(H,11,15). The van der Waals surface area contributed by atoms with E-state index in [-0.39, 0.29) is 18.0 Å². The summed E-state index contributed by atoms with van der Waals surface area (Å²) in [4.78, 5) is 22.5. The van der Waals surface area contributed by atoms with Crippen molar-refractivity contribution in [1.29, 1.82) is 0 Å². The van der Waals surface area contributed by atoms with E-state index in [1.54, 1.807) is 14.0 Å². The molecule has 5 heteroatoms. The molecule has 0 spiro atoms. The monoisotopic (exact) mass is 210 g/mol. The lowest BCUT2D eigenvalue weighted by atomic mass is 10.2. The number of carbonyl (C=O) groups is 1. The number of hydrogen-bond donors (Lipinski definition) is 2. The van der Waals surface area contributed by atoms with Gasteiger partial charge in [0.2, 0.25) is 5.56 Å². The van der Waals surface area contributed by atoms with E-state index in [4.69, 9.17) is 5.11 Å². The van der Waals surface area contributed by atoms with Crippen molar-refractivity contribution in [3.8, 4) is 0 Å². The van der Waals surface area contributed by atoms with E-state index in [9.17, 15) is 9.59 Å². The second-order valence-electron chi connectivity index (χ2n) is 3.43. The van der Waals surface area contributed by atoms with Gasteiger partial charge in [0.25, 0.3) is 5.91 Å². The Morgan fingerprint density at radius 1 is 1.60 bits per heavy atom. The van der Waals surface area contributed by atoms with Crippen LogP contribution in [0.15, 0.2) is 23.1 Å². The van der Waals surface area contributed by atoms with Gasteiger partial charge in [-0.3, -0.25) is 9.59 Å². The Balaban J connectivity index is 2.74. The molecule has 2 N–H and O–H groups in total. The fourth-order valence-corrected chi connectivity index (χ4v) is 1.07. The lowest BCUT2D eigenvalue weighted by Gasteiger charge is -2.07. The molecule has 0 aliphatic heterocycles. The van der Waals surface area contributed by atoms with Crippen molar-refractivity contribution in [2.45, 2.75) is 13.0 Å². The summed E-state index contributed by atoms with van der Waals surface area (Å²) in [6.07, 6.45) is 0.876. The number of aromatic nitrogens is 1. The van der Waals surface area contributed by atoms with E-state index in [2.05, 4.69) is 5.32 Å². The highest BCUT2D eigenvalue weighted by Gasteiger charge is 2.06. The second-order valence-corrected chi connectivity index (χ2v) is 3.43. The first-order chi connectivity index (χ1) is 7.00. The van der Waals surface area contributed by atoms with E-state index in [0.717, 1.165) is 0 Å². The molecule has 0 aliphatic rings. The third kappa shape index (κ3) is 3.21. The second kappa shape index (κ2) is 4.75. The minimum Gasteiger partial charge on any atom is -0.392 e. The van der Waals surface area contributed by atoms with Crippen molar-refractivity contribution in [3.05, 3.63) is 34.2 Å². The maximum absolute atomic E-state index is 11.5. The Morgan fingerprint density at radius 2 is 2.27 bits per heavy atom. The first kappa shape index (κ1) is 11.5. The van der Waals surface area contributed by atoms with E-state index in [1.807, 2.05) is 0 Å². The average molecular weight is 210 g/mol. The first-order valence-electron chi connectivity index (χ1n) is 4.63. The molecular formula is C10H14N2O3. The molecule has 1 aromatic heterocycles. The fourth-order valence-electron chi connectivity index (χ4n) is 1.07. The molecule has 1 atom stereocenters. The van der Waals surface area contributed by atoms with Crippen molar-refractivity contribution >= 4 is 5.91 Å². The molecular weight excluding hydrogens is 196 g/mol. The van der Waals surface area contributed by atoms with Gasteiger partial charge in [-0.15, -0.1) is 0 Å². The summed E-state index contributed by atoms with van der Waals surface area (Å²) in [6, 6.07) is 2.79. The van der Waals surface area contributed by atoms with Crippen LogP contribution in [0.3, 0.4) is 0 Å². The maximum Gasteiger partial charge on any atom is 0.252 e. The lowest BCUT2D eigenvalue weighted by molar-refractivity contribution is 0.0923. The normalized spacial score (nSPS) is 12.2. The van der Waals surface area contributed by atoms with E-state index < -0.39 is 6.10 Å². The zero-order valence-corrected chi connectivity index (χ0v) is 8.73. The molecule has 0 saturated heterocycles. The number of aliphatic hydroxyl groups is 1. The Bertz CT molecular complexity index is 409. The third-order valence-electron chi connectivity index (χ3n) is 1.91. The maximum atomic E-state index is 11.5. The Kier molecular flexibility index (Phi) is 3.62. The highest BCUT2D eigenvalue weighted by Crippen LogP contribution is 1.94. The highest BCUT2D eigenvalue weighted by atomic mass is 16.3. The van der Waals surface area contributed by atoms with Crippen molar-refractivity contribution < 1.29 is 9.90 Å². The molecule has 1 unspecified atom stereocenters. The number of nitrogens with one attached hydrogen (secondary N) is 1. The molecule has 0 fully saturated rings. The number of rotatable bonds is 3. The van der Waals surface area contributed by atoms with Crippen LogP contribution in [0.2, 0.25) is 0 Å². The number of aryl methyl sites for hydroxylation is 1. The average Bonchev–Trinajstić information content (AvgIpc) is 2.18. The number of aliphatic hydroxyl groups excluding tert-OH is 1. The molecule has 0 bridgehead atoms. The highest BCUT2D eigenvalue weighted by molar-refractivity contribution is 5.93. The zero-order chi connectivity index (χ0) is 11.4. The van der Waals surface area contributed by atoms with Crippen LogP contribution in [-0.4, -0.2) is 28.2 Å². The van der Waals surface area contributed by atoms with Crippen LogP contribution in [0.5, 0.6) is 0 Å².